The Morgan fingerprint density at radius 1 is 1.07 bits per heavy atom. The lowest BCUT2D eigenvalue weighted by atomic mass is 10.1. The maximum absolute atomic E-state index is 12.8. The lowest BCUT2D eigenvalue weighted by molar-refractivity contribution is 0.102. The Morgan fingerprint density at radius 2 is 1.83 bits per heavy atom. The van der Waals surface area contributed by atoms with Crippen molar-refractivity contribution < 1.29 is 18.7 Å². The maximum atomic E-state index is 12.8. The van der Waals surface area contributed by atoms with E-state index < -0.39 is 0 Å². The Morgan fingerprint density at radius 3 is 2.53 bits per heavy atom. The number of anilines is 1. The summed E-state index contributed by atoms with van der Waals surface area (Å²) in [5.74, 6) is 2.16. The van der Waals surface area contributed by atoms with Crippen LogP contribution in [0.2, 0.25) is 0 Å². The van der Waals surface area contributed by atoms with Crippen LogP contribution in [-0.2, 0) is 0 Å². The predicted molar refractivity (Wildman–Crippen MR) is 111 cm³/mol. The van der Waals surface area contributed by atoms with Gasteiger partial charge in [0.25, 0.3) is 12.2 Å². The second-order valence-electron chi connectivity index (χ2n) is 6.69. The zero-order chi connectivity index (χ0) is 21.1. The van der Waals surface area contributed by atoms with Gasteiger partial charge < -0.3 is 19.2 Å². The lowest BCUT2D eigenvalue weighted by Gasteiger charge is -2.10. The summed E-state index contributed by atoms with van der Waals surface area (Å²) in [5, 5.41) is 12.1. The molecule has 1 N–H and O–H groups in total. The number of carbonyl (C=O) groups is 1. The number of fused-ring (bicyclic) bond motifs is 1. The zero-order valence-electron chi connectivity index (χ0n) is 16.3. The summed E-state index contributed by atoms with van der Waals surface area (Å²) < 4.78 is 16.5. The van der Waals surface area contributed by atoms with Crippen LogP contribution >= 0.6 is 0 Å². The molecule has 0 aliphatic carbocycles. The molecule has 0 fully saturated rings. The van der Waals surface area contributed by atoms with Crippen LogP contribution in [0.25, 0.3) is 11.0 Å². The molecule has 7 nitrogen and oxygen atoms in total. The van der Waals surface area contributed by atoms with Crippen molar-refractivity contribution in [3.8, 4) is 23.5 Å². The average Bonchev–Trinajstić information content (AvgIpc) is 3.12. The van der Waals surface area contributed by atoms with Gasteiger partial charge in [-0.1, -0.05) is 6.07 Å². The summed E-state index contributed by atoms with van der Waals surface area (Å²) in [6.45, 7) is 3.75. The first-order chi connectivity index (χ1) is 14.5. The third-order valence-electron chi connectivity index (χ3n) is 4.34. The summed E-state index contributed by atoms with van der Waals surface area (Å²) in [6.07, 6.45) is 3.30. The number of aryl methyl sites for hydroxylation is 2. The molecule has 7 heteroatoms. The zero-order valence-corrected chi connectivity index (χ0v) is 16.3. The highest BCUT2D eigenvalue weighted by Gasteiger charge is 2.16. The average molecular weight is 399 g/mol. The van der Waals surface area contributed by atoms with Crippen molar-refractivity contribution in [2.24, 2.45) is 0 Å². The molecule has 0 unspecified atom stereocenters. The van der Waals surface area contributed by atoms with Gasteiger partial charge in [0, 0.05) is 17.1 Å². The SMILES string of the molecule is Cc1ccc(NC(=O)c2cc(Oc3ccc(OC#N)cc3)c3oc(C)cc3c2)nc1. The highest BCUT2D eigenvalue weighted by atomic mass is 16.5. The molecule has 4 aromatic rings. The normalized spacial score (nSPS) is 10.4. The fourth-order valence-electron chi connectivity index (χ4n) is 2.94. The third kappa shape index (κ3) is 4.08. The maximum Gasteiger partial charge on any atom is 0.292 e. The molecule has 0 aliphatic heterocycles. The monoisotopic (exact) mass is 399 g/mol. The Kier molecular flexibility index (Phi) is 5.06. The molecule has 0 bridgehead atoms. The van der Waals surface area contributed by atoms with E-state index in [1.807, 2.05) is 26.0 Å². The Labute approximate surface area is 172 Å². The van der Waals surface area contributed by atoms with Gasteiger partial charge >= 0.3 is 0 Å². The summed E-state index contributed by atoms with van der Waals surface area (Å²) in [4.78, 5) is 17.0. The molecule has 0 radical (unpaired) electrons. The van der Waals surface area contributed by atoms with Gasteiger partial charge in [-0.05, 0) is 67.9 Å². The van der Waals surface area contributed by atoms with Gasteiger partial charge in [0.1, 0.15) is 23.1 Å². The quantitative estimate of drug-likeness (QED) is 0.454. The number of carbonyl (C=O) groups excluding carboxylic acids is 1. The standard InChI is InChI=1S/C23H17N3O4/c1-14-3-8-21(25-12-14)26-23(27)17-10-16-9-15(2)29-22(16)20(11-17)30-19-6-4-18(5-7-19)28-13-24/h3-12H,1-2H3,(H,25,26,27). The van der Waals surface area contributed by atoms with E-state index in [1.165, 1.54) is 0 Å². The Balaban J connectivity index is 1.65. The van der Waals surface area contributed by atoms with Crippen LogP contribution in [0.3, 0.4) is 0 Å². The predicted octanol–water partition coefficient (Wildman–Crippen LogP) is 5.35. The van der Waals surface area contributed by atoms with Gasteiger partial charge in [-0.25, -0.2) is 4.98 Å². The summed E-state index contributed by atoms with van der Waals surface area (Å²) >= 11 is 0. The largest absolute Gasteiger partial charge is 0.457 e. The van der Waals surface area contributed by atoms with Gasteiger partial charge in [0.15, 0.2) is 11.3 Å². The number of amides is 1. The number of rotatable bonds is 5. The number of nitrogens with zero attached hydrogens (tertiary/aromatic N) is 2. The fraction of sp³-hybridized carbons (Fsp3) is 0.0870. The smallest absolute Gasteiger partial charge is 0.292 e. The van der Waals surface area contributed by atoms with Crippen LogP contribution < -0.4 is 14.8 Å². The number of nitriles is 1. The summed E-state index contributed by atoms with van der Waals surface area (Å²) in [7, 11) is 0. The molecule has 0 saturated heterocycles. The second kappa shape index (κ2) is 7.97. The van der Waals surface area contributed by atoms with Crippen molar-refractivity contribution in [1.29, 1.82) is 5.26 Å². The van der Waals surface area contributed by atoms with Crippen LogP contribution in [0.15, 0.2) is 65.2 Å². The van der Waals surface area contributed by atoms with Crippen LogP contribution in [0.1, 0.15) is 21.7 Å². The molecular formula is C23H17N3O4. The molecule has 2 heterocycles. The first-order valence-electron chi connectivity index (χ1n) is 9.14. The minimum Gasteiger partial charge on any atom is -0.457 e. The number of hydrogen-bond donors (Lipinski definition) is 1. The molecule has 148 valence electrons. The van der Waals surface area contributed by atoms with Crippen molar-refractivity contribution in [1.82, 2.24) is 4.98 Å². The van der Waals surface area contributed by atoms with E-state index in [0.717, 1.165) is 10.9 Å². The number of benzene rings is 2. The topological polar surface area (TPSA) is 97.4 Å². The molecule has 0 spiro atoms. The third-order valence-corrected chi connectivity index (χ3v) is 4.34. The molecule has 30 heavy (non-hydrogen) atoms. The van der Waals surface area contributed by atoms with E-state index in [9.17, 15) is 4.79 Å². The molecule has 2 aromatic carbocycles. The molecule has 0 saturated carbocycles. The van der Waals surface area contributed by atoms with Gasteiger partial charge in [-0.3, -0.25) is 4.79 Å². The minimum atomic E-state index is -0.310. The second-order valence-corrected chi connectivity index (χ2v) is 6.69. The highest BCUT2D eigenvalue weighted by molar-refractivity contribution is 6.06. The molecule has 4 rings (SSSR count). The molecule has 2 aromatic heterocycles. The molecule has 1 amide bonds. The first kappa shape index (κ1) is 19.0. The number of hydrogen-bond acceptors (Lipinski definition) is 6. The van der Waals surface area contributed by atoms with Gasteiger partial charge in [0.05, 0.1) is 0 Å². The first-order valence-corrected chi connectivity index (χ1v) is 9.14. The van der Waals surface area contributed by atoms with Gasteiger partial charge in [0.2, 0.25) is 0 Å². The molecule has 0 aliphatic rings. The number of ether oxygens (including phenoxy) is 2. The van der Waals surface area contributed by atoms with Crippen molar-refractivity contribution >= 4 is 22.7 Å². The summed E-state index contributed by atoms with van der Waals surface area (Å²) in [6, 6.07) is 15.4. The molecular weight excluding hydrogens is 382 g/mol. The number of pyridine rings is 1. The lowest BCUT2D eigenvalue weighted by Crippen LogP contribution is -2.13. The van der Waals surface area contributed by atoms with Crippen molar-refractivity contribution in [3.05, 3.63) is 77.7 Å². The van der Waals surface area contributed by atoms with Crippen LogP contribution in [-0.4, -0.2) is 10.9 Å². The van der Waals surface area contributed by atoms with Crippen molar-refractivity contribution in [3.63, 3.8) is 0 Å². The summed E-state index contributed by atoms with van der Waals surface area (Å²) in [5.41, 5.74) is 1.95. The van der Waals surface area contributed by atoms with E-state index in [4.69, 9.17) is 19.2 Å². The highest BCUT2D eigenvalue weighted by Crippen LogP contribution is 2.34. The van der Waals surface area contributed by atoms with Crippen LogP contribution in [0.4, 0.5) is 5.82 Å². The van der Waals surface area contributed by atoms with Gasteiger partial charge in [-0.2, -0.15) is 0 Å². The van der Waals surface area contributed by atoms with Crippen LogP contribution in [0.5, 0.6) is 17.2 Å². The number of furan rings is 1. The minimum absolute atomic E-state index is 0.310. The van der Waals surface area contributed by atoms with Crippen molar-refractivity contribution in [2.45, 2.75) is 13.8 Å². The number of nitrogens with one attached hydrogen (secondary N) is 1. The van der Waals surface area contributed by atoms with E-state index >= 15 is 0 Å². The van der Waals surface area contributed by atoms with Gasteiger partial charge in [-0.15, -0.1) is 5.26 Å². The van der Waals surface area contributed by atoms with E-state index in [2.05, 4.69) is 10.3 Å². The molecule has 0 atom stereocenters. The van der Waals surface area contributed by atoms with Crippen molar-refractivity contribution in [2.75, 3.05) is 5.32 Å². The number of aromatic nitrogens is 1. The van der Waals surface area contributed by atoms with E-state index in [-0.39, 0.29) is 5.91 Å². The Hall–Kier alpha value is -4.31. The van der Waals surface area contributed by atoms with E-state index in [0.29, 0.717) is 40.0 Å². The fourth-order valence-corrected chi connectivity index (χ4v) is 2.94. The van der Waals surface area contributed by atoms with E-state index in [1.54, 1.807) is 54.9 Å². The Bertz CT molecular complexity index is 1250. The van der Waals surface area contributed by atoms with Crippen LogP contribution in [0, 0.1) is 25.4 Å².